The lowest BCUT2D eigenvalue weighted by atomic mass is 10.00. The molecule has 2 atom stereocenters. The van der Waals surface area contributed by atoms with Crippen LogP contribution < -0.4 is 4.90 Å². The molecule has 2 saturated heterocycles. The smallest absolute Gasteiger partial charge is 0.321 e. The summed E-state index contributed by atoms with van der Waals surface area (Å²) in [6.45, 7) is 1.88. The maximum Gasteiger partial charge on any atom is 0.326 e. The average Bonchev–Trinajstić information content (AvgIpc) is 2.78. The Balaban J connectivity index is 1.75. The number of likely N-dealkylation sites (N-methyl/N-ethyl adjacent to an activating group) is 2. The quantitative estimate of drug-likeness (QED) is 0.752. The number of piperidine rings is 1. The minimum Gasteiger partial charge on any atom is -0.321 e. The van der Waals surface area contributed by atoms with Crippen LogP contribution in [0.3, 0.4) is 0 Å². The van der Waals surface area contributed by atoms with Crippen LogP contribution in [0, 0.1) is 0 Å². The van der Waals surface area contributed by atoms with Gasteiger partial charge in [0, 0.05) is 31.2 Å². The van der Waals surface area contributed by atoms with Gasteiger partial charge < -0.3 is 9.80 Å². The third-order valence-electron chi connectivity index (χ3n) is 4.86. The summed E-state index contributed by atoms with van der Waals surface area (Å²) < 4.78 is 0. The Bertz CT molecular complexity index is 782. The SMILES string of the molecule is CN1CCC2C(C1)N(C)C(=O)N2c1ccc2cnc(Cl)cc2n1. The number of likely N-dealkylation sites (tertiary alicyclic amines) is 1. The van der Waals surface area contributed by atoms with Crippen molar-refractivity contribution in [3.8, 4) is 0 Å². The van der Waals surface area contributed by atoms with E-state index in [0.717, 1.165) is 30.4 Å². The van der Waals surface area contributed by atoms with E-state index in [9.17, 15) is 4.79 Å². The Morgan fingerprint density at radius 2 is 2.09 bits per heavy atom. The molecule has 0 bridgehead atoms. The Labute approximate surface area is 139 Å². The number of urea groups is 1. The van der Waals surface area contributed by atoms with E-state index in [1.807, 2.05) is 29.0 Å². The summed E-state index contributed by atoms with van der Waals surface area (Å²) in [5, 5.41) is 1.32. The minimum atomic E-state index is 0.0160. The summed E-state index contributed by atoms with van der Waals surface area (Å²) in [6.07, 6.45) is 2.65. The van der Waals surface area contributed by atoms with Gasteiger partial charge in [-0.25, -0.2) is 14.8 Å². The number of halogens is 1. The maximum absolute atomic E-state index is 12.7. The number of carbonyl (C=O) groups is 1. The monoisotopic (exact) mass is 331 g/mol. The van der Waals surface area contributed by atoms with Crippen molar-refractivity contribution in [3.63, 3.8) is 0 Å². The molecule has 120 valence electrons. The van der Waals surface area contributed by atoms with E-state index in [4.69, 9.17) is 11.6 Å². The van der Waals surface area contributed by atoms with Crippen LogP contribution in [-0.2, 0) is 0 Å². The van der Waals surface area contributed by atoms with Crippen molar-refractivity contribution < 1.29 is 4.79 Å². The number of anilines is 1. The molecule has 2 aromatic heterocycles. The molecule has 4 rings (SSSR count). The molecule has 4 heterocycles. The van der Waals surface area contributed by atoms with Gasteiger partial charge in [-0.1, -0.05) is 11.6 Å². The lowest BCUT2D eigenvalue weighted by molar-refractivity contribution is 0.167. The van der Waals surface area contributed by atoms with Gasteiger partial charge in [-0.2, -0.15) is 0 Å². The molecular formula is C16H18ClN5O. The number of hydrogen-bond acceptors (Lipinski definition) is 4. The molecule has 2 aliphatic heterocycles. The first-order valence-electron chi connectivity index (χ1n) is 7.71. The van der Waals surface area contributed by atoms with Crippen LogP contribution in [-0.4, -0.2) is 65.1 Å². The van der Waals surface area contributed by atoms with Crippen LogP contribution in [0.2, 0.25) is 5.15 Å². The van der Waals surface area contributed by atoms with Crippen molar-refractivity contribution in [1.82, 2.24) is 19.8 Å². The normalized spacial score (nSPS) is 25.3. The Kier molecular flexibility index (Phi) is 3.39. The van der Waals surface area contributed by atoms with Crippen LogP contribution >= 0.6 is 11.6 Å². The van der Waals surface area contributed by atoms with Gasteiger partial charge in [0.2, 0.25) is 0 Å². The van der Waals surface area contributed by atoms with Crippen molar-refractivity contribution >= 4 is 34.4 Å². The Hall–Kier alpha value is -1.92. The average molecular weight is 332 g/mol. The number of carbonyl (C=O) groups excluding carboxylic acids is 1. The molecule has 0 radical (unpaired) electrons. The largest absolute Gasteiger partial charge is 0.326 e. The van der Waals surface area contributed by atoms with E-state index in [1.165, 1.54) is 0 Å². The number of fused-ring (bicyclic) bond motifs is 2. The molecule has 0 saturated carbocycles. The first-order valence-corrected chi connectivity index (χ1v) is 8.09. The number of amides is 2. The predicted octanol–water partition coefficient (Wildman–Crippen LogP) is 2.23. The second-order valence-electron chi connectivity index (χ2n) is 6.32. The number of hydrogen-bond donors (Lipinski definition) is 0. The lowest BCUT2D eigenvalue weighted by Gasteiger charge is -2.35. The molecule has 0 spiro atoms. The van der Waals surface area contributed by atoms with E-state index in [2.05, 4.69) is 21.9 Å². The number of pyridine rings is 2. The van der Waals surface area contributed by atoms with E-state index in [-0.39, 0.29) is 18.1 Å². The highest BCUT2D eigenvalue weighted by molar-refractivity contribution is 6.30. The molecule has 2 aromatic rings. The highest BCUT2D eigenvalue weighted by Gasteiger charge is 2.47. The molecule has 2 amide bonds. The fraction of sp³-hybridized carbons (Fsp3) is 0.438. The zero-order chi connectivity index (χ0) is 16.1. The van der Waals surface area contributed by atoms with Gasteiger partial charge in [-0.3, -0.25) is 4.90 Å². The summed E-state index contributed by atoms with van der Waals surface area (Å²) >= 11 is 5.96. The van der Waals surface area contributed by atoms with Gasteiger partial charge >= 0.3 is 6.03 Å². The van der Waals surface area contributed by atoms with Gasteiger partial charge in [0.15, 0.2) is 0 Å². The predicted molar refractivity (Wildman–Crippen MR) is 89.9 cm³/mol. The van der Waals surface area contributed by atoms with Crippen LogP contribution in [0.25, 0.3) is 10.9 Å². The first kappa shape index (κ1) is 14.7. The molecule has 0 aliphatic carbocycles. The third kappa shape index (κ3) is 2.33. The van der Waals surface area contributed by atoms with Crippen LogP contribution in [0.15, 0.2) is 24.4 Å². The van der Waals surface area contributed by atoms with E-state index < -0.39 is 0 Å². The number of nitrogens with zero attached hydrogens (tertiary/aromatic N) is 5. The molecule has 0 N–H and O–H groups in total. The van der Waals surface area contributed by atoms with Crippen molar-refractivity contribution in [3.05, 3.63) is 29.5 Å². The molecule has 2 fully saturated rings. The molecule has 2 aliphatic rings. The van der Waals surface area contributed by atoms with Gasteiger partial charge in [0.25, 0.3) is 0 Å². The van der Waals surface area contributed by atoms with Crippen molar-refractivity contribution in [2.24, 2.45) is 0 Å². The molecule has 6 nitrogen and oxygen atoms in total. The lowest BCUT2D eigenvalue weighted by Crippen LogP contribution is -2.50. The fourth-order valence-electron chi connectivity index (χ4n) is 3.60. The first-order chi connectivity index (χ1) is 11.0. The van der Waals surface area contributed by atoms with Gasteiger partial charge in [-0.05, 0) is 32.1 Å². The fourth-order valence-corrected chi connectivity index (χ4v) is 3.75. The summed E-state index contributed by atoms with van der Waals surface area (Å²) in [7, 11) is 3.97. The number of rotatable bonds is 1. The van der Waals surface area contributed by atoms with E-state index in [0.29, 0.717) is 11.0 Å². The van der Waals surface area contributed by atoms with Gasteiger partial charge in [0.05, 0.1) is 17.6 Å². The molecule has 2 unspecified atom stereocenters. The highest BCUT2D eigenvalue weighted by atomic mass is 35.5. The third-order valence-corrected chi connectivity index (χ3v) is 5.07. The van der Waals surface area contributed by atoms with Gasteiger partial charge in [-0.15, -0.1) is 0 Å². The van der Waals surface area contributed by atoms with Gasteiger partial charge in [0.1, 0.15) is 11.0 Å². The summed E-state index contributed by atoms with van der Waals surface area (Å²) in [6, 6.07) is 5.96. The molecule has 23 heavy (non-hydrogen) atoms. The zero-order valence-electron chi connectivity index (χ0n) is 13.1. The minimum absolute atomic E-state index is 0.0160. The molecule has 7 heteroatoms. The second-order valence-corrected chi connectivity index (χ2v) is 6.71. The molecule has 0 aromatic carbocycles. The van der Waals surface area contributed by atoms with Crippen LogP contribution in [0.4, 0.5) is 10.6 Å². The summed E-state index contributed by atoms with van der Waals surface area (Å²) in [5.41, 5.74) is 0.759. The van der Waals surface area contributed by atoms with Crippen molar-refractivity contribution in [2.75, 3.05) is 32.1 Å². The van der Waals surface area contributed by atoms with Crippen LogP contribution in [0.1, 0.15) is 6.42 Å². The van der Waals surface area contributed by atoms with Crippen molar-refractivity contribution in [2.45, 2.75) is 18.5 Å². The maximum atomic E-state index is 12.7. The highest BCUT2D eigenvalue weighted by Crippen LogP contribution is 2.32. The Morgan fingerprint density at radius 1 is 1.26 bits per heavy atom. The zero-order valence-corrected chi connectivity index (χ0v) is 13.9. The Morgan fingerprint density at radius 3 is 2.91 bits per heavy atom. The van der Waals surface area contributed by atoms with E-state index >= 15 is 0 Å². The standard InChI is InChI=1S/C16H18ClN5O/c1-20-6-5-12-13(9-20)21(2)16(23)22(12)15-4-3-10-8-18-14(17)7-11(10)19-15/h3-4,7-8,12-13H,5-6,9H2,1-2H3. The topological polar surface area (TPSA) is 52.6 Å². The van der Waals surface area contributed by atoms with Crippen molar-refractivity contribution in [1.29, 1.82) is 0 Å². The second kappa shape index (κ2) is 5.32. The van der Waals surface area contributed by atoms with E-state index in [1.54, 1.807) is 12.3 Å². The number of aromatic nitrogens is 2. The molecular weight excluding hydrogens is 314 g/mol. The summed E-state index contributed by atoms with van der Waals surface area (Å²) in [4.78, 5) is 27.4. The van der Waals surface area contributed by atoms with Crippen LogP contribution in [0.5, 0.6) is 0 Å². The summed E-state index contributed by atoms with van der Waals surface area (Å²) in [5.74, 6) is 0.689.